The molecule has 314 valence electrons. The molecule has 2 aromatic heterocycles. The van der Waals surface area contributed by atoms with Gasteiger partial charge in [0.15, 0.2) is 5.82 Å². The Hall–Kier alpha value is -8.92. The minimum Gasteiger partial charge on any atom is -0.309 e. The van der Waals surface area contributed by atoms with E-state index in [1.807, 2.05) is 24.3 Å². The molecule has 12 aromatic rings. The highest BCUT2D eigenvalue weighted by Crippen LogP contribution is 2.39. The Bertz CT molecular complexity index is 3380. The van der Waals surface area contributed by atoms with Crippen molar-refractivity contribution in [3.63, 3.8) is 0 Å². The van der Waals surface area contributed by atoms with Crippen LogP contribution in [0.2, 0.25) is 0 Å². The van der Waals surface area contributed by atoms with Crippen molar-refractivity contribution in [3.8, 4) is 95.2 Å². The van der Waals surface area contributed by atoms with E-state index in [4.69, 9.17) is 9.97 Å². The van der Waals surface area contributed by atoms with Gasteiger partial charge in [-0.3, -0.25) is 0 Å². The van der Waals surface area contributed by atoms with Crippen molar-refractivity contribution < 1.29 is 0 Å². The first-order valence-electron chi connectivity index (χ1n) is 22.8. The van der Waals surface area contributed by atoms with Gasteiger partial charge in [0.25, 0.3) is 0 Å². The first-order chi connectivity index (χ1) is 33.2. The quantitative estimate of drug-likeness (QED) is 0.145. The van der Waals surface area contributed by atoms with Crippen LogP contribution in [0.15, 0.2) is 261 Å². The number of hydrogen-bond donors (Lipinski definition) is 0. The normalized spacial score (nSPS) is 11.3. The zero-order valence-electron chi connectivity index (χ0n) is 36.7. The van der Waals surface area contributed by atoms with E-state index < -0.39 is 0 Å². The Morgan fingerprint density at radius 3 is 1.00 bits per heavy atom. The fourth-order valence-corrected chi connectivity index (χ4v) is 9.42. The van der Waals surface area contributed by atoms with Crippen LogP contribution in [0, 0.1) is 0 Å². The lowest BCUT2D eigenvalue weighted by molar-refractivity contribution is 1.18. The van der Waals surface area contributed by atoms with E-state index in [0.29, 0.717) is 5.82 Å². The van der Waals surface area contributed by atoms with Crippen molar-refractivity contribution in [2.24, 2.45) is 0 Å². The Kier molecular flexibility index (Phi) is 10.2. The van der Waals surface area contributed by atoms with E-state index in [-0.39, 0.29) is 0 Å². The average Bonchev–Trinajstić information content (AvgIpc) is 3.76. The number of hydrogen-bond acceptors (Lipinski definition) is 2. The molecule has 0 aliphatic rings. The van der Waals surface area contributed by atoms with Gasteiger partial charge in [-0.05, 0) is 122 Å². The second-order valence-corrected chi connectivity index (χ2v) is 17.0. The topological polar surface area (TPSA) is 30.7 Å². The van der Waals surface area contributed by atoms with Crippen LogP contribution in [0.25, 0.3) is 117 Å². The number of rotatable bonds is 9. The summed E-state index contributed by atoms with van der Waals surface area (Å²) in [4.78, 5) is 10.4. The van der Waals surface area contributed by atoms with Crippen molar-refractivity contribution in [1.82, 2.24) is 14.5 Å². The lowest BCUT2D eigenvalue weighted by Crippen LogP contribution is -1.96. The van der Waals surface area contributed by atoms with Gasteiger partial charge < -0.3 is 4.57 Å². The largest absolute Gasteiger partial charge is 0.309 e. The van der Waals surface area contributed by atoms with Crippen LogP contribution >= 0.6 is 0 Å². The Morgan fingerprint density at radius 1 is 0.224 bits per heavy atom. The van der Waals surface area contributed by atoms with Crippen LogP contribution in [0.3, 0.4) is 0 Å². The summed E-state index contributed by atoms with van der Waals surface area (Å²) in [5.74, 6) is 0.690. The average molecular weight is 854 g/mol. The summed E-state index contributed by atoms with van der Waals surface area (Å²) in [6, 6.07) is 93.2. The first kappa shape index (κ1) is 39.7. The fraction of sp³-hybridized carbons (Fsp3) is 0. The number of benzene rings is 10. The molecule has 3 nitrogen and oxygen atoms in total. The van der Waals surface area contributed by atoms with Gasteiger partial charge in [-0.25, -0.2) is 9.97 Å². The molecule has 2 heterocycles. The summed E-state index contributed by atoms with van der Waals surface area (Å²) in [5, 5.41) is 2.53. The van der Waals surface area contributed by atoms with Gasteiger partial charge in [-0.15, -0.1) is 0 Å². The minimum absolute atomic E-state index is 0.690. The summed E-state index contributed by atoms with van der Waals surface area (Å²) < 4.78 is 2.36. The molecule has 0 radical (unpaired) electrons. The molecule has 0 atom stereocenters. The molecule has 3 heteroatoms. The van der Waals surface area contributed by atoms with Gasteiger partial charge in [0.1, 0.15) is 0 Å². The lowest BCUT2D eigenvalue weighted by atomic mass is 9.90. The second kappa shape index (κ2) is 17.2. The Morgan fingerprint density at radius 2 is 0.537 bits per heavy atom. The van der Waals surface area contributed by atoms with Crippen LogP contribution in [0.1, 0.15) is 0 Å². The number of nitrogens with zero attached hydrogens (tertiary/aromatic N) is 3. The van der Waals surface area contributed by atoms with Crippen LogP contribution in [0.5, 0.6) is 0 Å². The standard InChI is InChI=1S/C64H43N3/c1-5-17-44(18-6-1)51-37-52(45-19-7-2-8-20-45)39-54(38-51)55-40-53(41-56(42-55)61-43-60(49-21-9-3-10-22-49)65-64(66-61)50-23-11-4-12-24-50)48-31-29-46(30-32-48)47-33-35-57(36-34-47)67-62-27-15-13-25-58(62)59-26-14-16-28-63(59)67/h1-43H. The van der Waals surface area contributed by atoms with Gasteiger partial charge in [0.2, 0.25) is 0 Å². The smallest absolute Gasteiger partial charge is 0.160 e. The molecule has 12 rings (SSSR count). The minimum atomic E-state index is 0.690. The van der Waals surface area contributed by atoms with Crippen molar-refractivity contribution in [3.05, 3.63) is 261 Å². The van der Waals surface area contributed by atoms with E-state index in [9.17, 15) is 0 Å². The zero-order chi connectivity index (χ0) is 44.5. The van der Waals surface area contributed by atoms with Gasteiger partial charge in [0.05, 0.1) is 22.4 Å². The number of fused-ring (bicyclic) bond motifs is 3. The number of aromatic nitrogens is 3. The Balaban J connectivity index is 0.989. The Labute approximate surface area is 390 Å². The SMILES string of the molecule is c1ccc(-c2cc(-c3ccccc3)cc(-c3cc(-c4ccc(-c5ccc(-n6c7ccccc7c7ccccc76)cc5)cc4)cc(-c4cc(-c5ccccc5)nc(-c5ccccc5)n4)c3)c2)cc1. The van der Waals surface area contributed by atoms with Crippen LogP contribution in [0.4, 0.5) is 0 Å². The molecular weight excluding hydrogens is 811 g/mol. The van der Waals surface area contributed by atoms with E-state index in [1.165, 1.54) is 38.5 Å². The molecule has 0 saturated carbocycles. The zero-order valence-corrected chi connectivity index (χ0v) is 36.7. The summed E-state index contributed by atoms with van der Waals surface area (Å²) in [7, 11) is 0. The van der Waals surface area contributed by atoms with Crippen LogP contribution < -0.4 is 0 Å². The van der Waals surface area contributed by atoms with Gasteiger partial charge in [-0.2, -0.15) is 0 Å². The maximum atomic E-state index is 5.30. The van der Waals surface area contributed by atoms with Gasteiger partial charge in [0, 0.05) is 33.2 Å². The molecule has 0 unspecified atom stereocenters. The maximum absolute atomic E-state index is 5.30. The van der Waals surface area contributed by atoms with Crippen LogP contribution in [-0.4, -0.2) is 14.5 Å². The predicted octanol–water partition coefficient (Wildman–Crippen LogP) is 16.9. The molecule has 0 bridgehead atoms. The monoisotopic (exact) mass is 853 g/mol. The van der Waals surface area contributed by atoms with Crippen molar-refractivity contribution in [1.29, 1.82) is 0 Å². The van der Waals surface area contributed by atoms with E-state index >= 15 is 0 Å². The highest BCUT2D eigenvalue weighted by molar-refractivity contribution is 6.09. The second-order valence-electron chi connectivity index (χ2n) is 17.0. The van der Waals surface area contributed by atoms with Crippen molar-refractivity contribution in [2.75, 3.05) is 0 Å². The van der Waals surface area contributed by atoms with E-state index in [0.717, 1.165) is 72.7 Å². The predicted molar refractivity (Wildman–Crippen MR) is 280 cm³/mol. The molecule has 0 fully saturated rings. The summed E-state index contributed by atoms with van der Waals surface area (Å²) in [5.41, 5.74) is 19.8. The molecule has 0 aliphatic heterocycles. The molecule has 0 amide bonds. The molecule has 67 heavy (non-hydrogen) atoms. The number of para-hydroxylation sites is 2. The maximum Gasteiger partial charge on any atom is 0.160 e. The van der Waals surface area contributed by atoms with Gasteiger partial charge >= 0.3 is 0 Å². The third kappa shape index (κ3) is 7.79. The summed E-state index contributed by atoms with van der Waals surface area (Å²) >= 11 is 0. The first-order valence-corrected chi connectivity index (χ1v) is 22.8. The molecule has 0 aliphatic carbocycles. The molecule has 0 spiro atoms. The summed E-state index contributed by atoms with van der Waals surface area (Å²) in [6.45, 7) is 0. The third-order valence-electron chi connectivity index (χ3n) is 12.8. The molecule has 0 N–H and O–H groups in total. The van der Waals surface area contributed by atoms with E-state index in [2.05, 4.69) is 241 Å². The van der Waals surface area contributed by atoms with E-state index in [1.54, 1.807) is 0 Å². The third-order valence-corrected chi connectivity index (χ3v) is 12.8. The highest BCUT2D eigenvalue weighted by Gasteiger charge is 2.16. The van der Waals surface area contributed by atoms with Crippen LogP contribution in [-0.2, 0) is 0 Å². The van der Waals surface area contributed by atoms with Crippen molar-refractivity contribution in [2.45, 2.75) is 0 Å². The lowest BCUT2D eigenvalue weighted by Gasteiger charge is -2.15. The summed E-state index contributed by atoms with van der Waals surface area (Å²) in [6.07, 6.45) is 0. The fourth-order valence-electron chi connectivity index (χ4n) is 9.42. The molecular formula is C64H43N3. The van der Waals surface area contributed by atoms with Crippen molar-refractivity contribution >= 4 is 21.8 Å². The van der Waals surface area contributed by atoms with Gasteiger partial charge in [-0.1, -0.05) is 194 Å². The highest BCUT2D eigenvalue weighted by atomic mass is 15.0. The molecule has 0 saturated heterocycles. The molecule has 10 aromatic carbocycles.